The van der Waals surface area contributed by atoms with Crippen molar-refractivity contribution in [3.8, 4) is 0 Å². The Balaban J connectivity index is 1.47. The predicted molar refractivity (Wildman–Crippen MR) is 163 cm³/mol. The Kier molecular flexibility index (Phi) is 8.85. The van der Waals surface area contributed by atoms with Crippen molar-refractivity contribution >= 4 is 92.4 Å². The molecule has 12 heteroatoms. The first-order valence-corrected chi connectivity index (χ1v) is 14.9. The topological polar surface area (TPSA) is 83.4 Å². The molecule has 1 atom stereocenters. The van der Waals surface area contributed by atoms with Crippen LogP contribution in [0.15, 0.2) is 88.5 Å². The van der Waals surface area contributed by atoms with Gasteiger partial charge in [-0.1, -0.05) is 118 Å². The Morgan fingerprint density at radius 2 is 1.75 bits per heavy atom. The maximum atomic E-state index is 13.4. The number of benzene rings is 3. The van der Waals surface area contributed by atoms with Crippen LogP contribution in [-0.2, 0) is 15.3 Å². The number of thioether (sulfide) groups is 1. The molecule has 0 fully saturated rings. The number of carbonyl (C=O) groups excluding carboxylic acids is 2. The van der Waals surface area contributed by atoms with Gasteiger partial charge in [-0.05, 0) is 47.0 Å². The van der Waals surface area contributed by atoms with Gasteiger partial charge in [0.1, 0.15) is 0 Å². The fourth-order valence-electron chi connectivity index (χ4n) is 4.01. The van der Waals surface area contributed by atoms with Gasteiger partial charge in [0.2, 0.25) is 5.13 Å². The monoisotopic (exact) mass is 647 g/mol. The van der Waals surface area contributed by atoms with E-state index in [4.69, 9.17) is 46.4 Å². The Bertz CT molecular complexity index is 1670. The van der Waals surface area contributed by atoms with Gasteiger partial charge in [0.05, 0.1) is 21.7 Å². The Labute approximate surface area is 257 Å². The summed E-state index contributed by atoms with van der Waals surface area (Å²) in [5, 5.41) is 21.1. The summed E-state index contributed by atoms with van der Waals surface area (Å²) in [5.74, 6) is -1.49. The standard InChI is InChI=1S/C28H17Cl4N3O3S2/c29-18-9-7-17(20(31)13-18)14-39-28-34-33-27(40-28)35-24(16-8-10-19(30)21(32)12-16)23(25(37)26(35)38)22(36)11-6-15-4-2-1-3-5-15/h1-13,24,37H,14H2. The van der Waals surface area contributed by atoms with Gasteiger partial charge < -0.3 is 5.11 Å². The van der Waals surface area contributed by atoms with Crippen LogP contribution in [0.25, 0.3) is 6.08 Å². The molecular formula is C28H17Cl4N3O3S2. The summed E-state index contributed by atoms with van der Waals surface area (Å²) in [4.78, 5) is 28.0. The highest BCUT2D eigenvalue weighted by Gasteiger charge is 2.45. The van der Waals surface area contributed by atoms with Crippen molar-refractivity contribution in [2.24, 2.45) is 0 Å². The molecule has 1 aliphatic heterocycles. The molecule has 1 N–H and O–H groups in total. The van der Waals surface area contributed by atoms with Gasteiger partial charge in [-0.2, -0.15) is 0 Å². The summed E-state index contributed by atoms with van der Waals surface area (Å²) in [6.45, 7) is 0. The van der Waals surface area contributed by atoms with Crippen molar-refractivity contribution in [3.05, 3.63) is 121 Å². The Hall–Kier alpha value is -2.85. The molecule has 0 saturated heterocycles. The highest BCUT2D eigenvalue weighted by molar-refractivity contribution is 8.00. The zero-order valence-electron chi connectivity index (χ0n) is 20.2. The number of ketones is 1. The number of aromatic nitrogens is 2. The molecule has 5 rings (SSSR count). The molecule has 1 aliphatic rings. The minimum absolute atomic E-state index is 0.104. The molecule has 0 radical (unpaired) electrons. The molecule has 6 nitrogen and oxygen atoms in total. The lowest BCUT2D eigenvalue weighted by atomic mass is 9.96. The lowest BCUT2D eigenvalue weighted by Gasteiger charge is -2.24. The van der Waals surface area contributed by atoms with Gasteiger partial charge in [0, 0.05) is 15.8 Å². The van der Waals surface area contributed by atoms with Crippen LogP contribution in [0.5, 0.6) is 0 Å². The number of allylic oxidation sites excluding steroid dienone is 1. The van der Waals surface area contributed by atoms with Crippen molar-refractivity contribution in [1.29, 1.82) is 0 Å². The van der Waals surface area contributed by atoms with E-state index in [1.807, 2.05) is 36.4 Å². The van der Waals surface area contributed by atoms with Crippen molar-refractivity contribution < 1.29 is 14.7 Å². The van der Waals surface area contributed by atoms with Crippen LogP contribution in [0.3, 0.4) is 0 Å². The summed E-state index contributed by atoms with van der Waals surface area (Å²) in [6.07, 6.45) is 2.93. The minimum atomic E-state index is -1.01. The zero-order valence-corrected chi connectivity index (χ0v) is 24.9. The number of nitrogens with zero attached hydrogens (tertiary/aromatic N) is 3. The highest BCUT2D eigenvalue weighted by Crippen LogP contribution is 2.44. The molecule has 0 saturated carbocycles. The fourth-order valence-corrected chi connectivity index (χ4v) is 6.75. The predicted octanol–water partition coefficient (Wildman–Crippen LogP) is 8.63. The molecule has 1 unspecified atom stereocenters. The summed E-state index contributed by atoms with van der Waals surface area (Å²) < 4.78 is 0.560. The largest absolute Gasteiger partial charge is 0.503 e. The summed E-state index contributed by atoms with van der Waals surface area (Å²) >= 11 is 27.2. The highest BCUT2D eigenvalue weighted by atomic mass is 35.5. The van der Waals surface area contributed by atoms with Crippen LogP contribution in [0.2, 0.25) is 20.1 Å². The fraction of sp³-hybridized carbons (Fsp3) is 0.0714. The third-order valence-corrected chi connectivity index (χ3v) is 9.36. The van der Waals surface area contributed by atoms with Gasteiger partial charge >= 0.3 is 0 Å². The van der Waals surface area contributed by atoms with E-state index in [0.717, 1.165) is 22.5 Å². The van der Waals surface area contributed by atoms with E-state index >= 15 is 0 Å². The van der Waals surface area contributed by atoms with Crippen molar-refractivity contribution in [2.45, 2.75) is 16.1 Å². The van der Waals surface area contributed by atoms with E-state index in [9.17, 15) is 14.7 Å². The number of anilines is 1. The third kappa shape index (κ3) is 6.07. The number of hydrogen-bond acceptors (Lipinski definition) is 7. The molecule has 1 aromatic heterocycles. The van der Waals surface area contributed by atoms with Crippen LogP contribution in [0.1, 0.15) is 22.7 Å². The molecule has 40 heavy (non-hydrogen) atoms. The normalized spacial score (nSPS) is 15.4. The van der Waals surface area contributed by atoms with Gasteiger partial charge in [-0.25, -0.2) is 0 Å². The summed E-state index contributed by atoms with van der Waals surface area (Å²) in [6, 6.07) is 18.2. The first-order valence-electron chi connectivity index (χ1n) is 11.6. The van der Waals surface area contributed by atoms with E-state index < -0.39 is 23.5 Å². The average Bonchev–Trinajstić information content (AvgIpc) is 3.51. The summed E-state index contributed by atoms with van der Waals surface area (Å²) in [7, 11) is 0. The maximum Gasteiger partial charge on any atom is 0.296 e. The smallest absolute Gasteiger partial charge is 0.296 e. The maximum absolute atomic E-state index is 13.4. The van der Waals surface area contributed by atoms with Gasteiger partial charge in [-0.15, -0.1) is 10.2 Å². The quantitative estimate of drug-likeness (QED) is 0.117. The molecule has 202 valence electrons. The van der Waals surface area contributed by atoms with Crippen LogP contribution in [0, 0.1) is 0 Å². The van der Waals surface area contributed by atoms with Gasteiger partial charge in [-0.3, -0.25) is 14.5 Å². The SMILES string of the molecule is O=C(C=Cc1ccccc1)C1=C(O)C(=O)N(c2nnc(SCc3ccc(Cl)cc3Cl)s2)C1c1ccc(Cl)c(Cl)c1. The van der Waals surface area contributed by atoms with E-state index in [0.29, 0.717) is 30.7 Å². The van der Waals surface area contributed by atoms with E-state index in [1.165, 1.54) is 22.7 Å². The lowest BCUT2D eigenvalue weighted by Crippen LogP contribution is -2.30. The molecule has 3 aromatic carbocycles. The minimum Gasteiger partial charge on any atom is -0.503 e. The van der Waals surface area contributed by atoms with Crippen molar-refractivity contribution in [2.75, 3.05) is 4.90 Å². The lowest BCUT2D eigenvalue weighted by molar-refractivity contribution is -0.117. The molecular weight excluding hydrogens is 632 g/mol. The Morgan fingerprint density at radius 1 is 0.975 bits per heavy atom. The molecule has 0 aliphatic carbocycles. The van der Waals surface area contributed by atoms with Crippen LogP contribution >= 0.6 is 69.5 Å². The first-order chi connectivity index (χ1) is 19.2. The van der Waals surface area contributed by atoms with Crippen molar-refractivity contribution in [3.63, 3.8) is 0 Å². The molecule has 1 amide bonds. The first kappa shape index (κ1) is 28.7. The number of halogens is 4. The van der Waals surface area contributed by atoms with Crippen LogP contribution < -0.4 is 4.90 Å². The summed E-state index contributed by atoms with van der Waals surface area (Å²) in [5.41, 5.74) is 2.01. The van der Waals surface area contributed by atoms with Gasteiger partial charge in [0.15, 0.2) is 15.9 Å². The second-order valence-corrected chi connectivity index (χ2v) is 12.3. The molecule has 0 spiro atoms. The van der Waals surface area contributed by atoms with E-state index in [2.05, 4.69) is 10.2 Å². The van der Waals surface area contributed by atoms with Crippen LogP contribution in [-0.4, -0.2) is 27.0 Å². The molecule has 2 heterocycles. The number of aliphatic hydroxyl groups is 1. The second-order valence-electron chi connectivity index (χ2n) is 8.50. The third-order valence-electron chi connectivity index (χ3n) is 5.93. The number of aliphatic hydroxyl groups excluding tert-OH is 1. The molecule has 0 bridgehead atoms. The van der Waals surface area contributed by atoms with E-state index in [1.54, 1.807) is 36.4 Å². The zero-order chi connectivity index (χ0) is 28.4. The number of carbonyl (C=O) groups is 2. The van der Waals surface area contributed by atoms with E-state index in [-0.39, 0.29) is 15.7 Å². The molecule has 4 aromatic rings. The average molecular weight is 649 g/mol. The van der Waals surface area contributed by atoms with Crippen molar-refractivity contribution in [1.82, 2.24) is 10.2 Å². The number of rotatable bonds is 8. The van der Waals surface area contributed by atoms with Gasteiger partial charge in [0.25, 0.3) is 5.91 Å². The van der Waals surface area contributed by atoms with Crippen LogP contribution in [0.4, 0.5) is 5.13 Å². The second kappa shape index (κ2) is 12.3. The number of amides is 1. The Morgan fingerprint density at radius 3 is 2.48 bits per heavy atom. The number of hydrogen-bond donors (Lipinski definition) is 1.